The molecule has 2 heterocycles. The summed E-state index contributed by atoms with van der Waals surface area (Å²) in [6.07, 6.45) is 4.59. The average molecular weight is 418 g/mol. The van der Waals surface area contributed by atoms with E-state index in [-0.39, 0.29) is 0 Å². The number of hydrogen-bond acceptors (Lipinski definition) is 5. The molecule has 0 radical (unpaired) electrons. The average Bonchev–Trinajstić information content (AvgIpc) is 2.91. The van der Waals surface area contributed by atoms with Crippen LogP contribution in [-0.2, 0) is 6.42 Å². The van der Waals surface area contributed by atoms with E-state index in [1.54, 1.807) is 6.20 Å². The van der Waals surface area contributed by atoms with Gasteiger partial charge in [-0.05, 0) is 57.3 Å². The van der Waals surface area contributed by atoms with Crippen molar-refractivity contribution in [3.8, 4) is 11.5 Å². The smallest absolute Gasteiger partial charge is 0.228 e. The first-order chi connectivity index (χ1) is 10.1. The van der Waals surface area contributed by atoms with Gasteiger partial charge in [0.05, 0.1) is 0 Å². The van der Waals surface area contributed by atoms with Gasteiger partial charge in [-0.2, -0.15) is 4.98 Å². The van der Waals surface area contributed by atoms with Gasteiger partial charge in [0.25, 0.3) is 0 Å². The van der Waals surface area contributed by atoms with E-state index < -0.39 is 0 Å². The quantitative estimate of drug-likeness (QED) is 0.738. The van der Waals surface area contributed by atoms with Crippen molar-refractivity contribution in [2.24, 2.45) is 0 Å². The lowest BCUT2D eigenvalue weighted by Crippen LogP contribution is -2.31. The molecule has 1 atom stereocenters. The molecule has 0 aliphatic rings. The predicted octanol–water partition coefficient (Wildman–Crippen LogP) is 3.98. The third-order valence-electron chi connectivity index (χ3n) is 3.08. The summed E-state index contributed by atoms with van der Waals surface area (Å²) in [5, 5.41) is 7.50. The van der Waals surface area contributed by atoms with Gasteiger partial charge in [-0.1, -0.05) is 19.0 Å². The minimum atomic E-state index is 0.361. The number of rotatable bonds is 7. The van der Waals surface area contributed by atoms with Crippen LogP contribution < -0.4 is 5.32 Å². The van der Waals surface area contributed by atoms with Crippen LogP contribution in [0.1, 0.15) is 32.6 Å². The molecule has 0 saturated carbocycles. The van der Waals surface area contributed by atoms with Crippen LogP contribution in [0.3, 0.4) is 0 Å². The Labute approximate surface area is 141 Å². The molecule has 1 N–H and O–H groups in total. The van der Waals surface area contributed by atoms with E-state index >= 15 is 0 Å². The molecule has 7 heteroatoms. The number of pyridine rings is 1. The van der Waals surface area contributed by atoms with E-state index in [2.05, 4.69) is 66.1 Å². The van der Waals surface area contributed by atoms with Gasteiger partial charge in [0, 0.05) is 27.6 Å². The van der Waals surface area contributed by atoms with E-state index in [0.29, 0.717) is 23.5 Å². The number of nitrogens with zero attached hydrogens (tertiary/aromatic N) is 3. The van der Waals surface area contributed by atoms with Crippen LogP contribution in [0, 0.1) is 0 Å². The fourth-order valence-electron chi connectivity index (χ4n) is 1.93. The molecule has 0 spiro atoms. The van der Waals surface area contributed by atoms with Crippen LogP contribution >= 0.6 is 31.9 Å². The molecule has 0 saturated heterocycles. The van der Waals surface area contributed by atoms with Crippen molar-refractivity contribution in [2.45, 2.75) is 39.2 Å². The first-order valence-corrected chi connectivity index (χ1v) is 8.60. The van der Waals surface area contributed by atoms with Crippen LogP contribution in [0.25, 0.3) is 11.5 Å². The molecule has 0 amide bonds. The van der Waals surface area contributed by atoms with Gasteiger partial charge in [0.15, 0.2) is 0 Å². The highest BCUT2D eigenvalue weighted by Gasteiger charge is 2.16. The van der Waals surface area contributed by atoms with Gasteiger partial charge in [-0.25, -0.2) is 0 Å². The highest BCUT2D eigenvalue weighted by Crippen LogP contribution is 2.26. The number of aromatic nitrogens is 3. The van der Waals surface area contributed by atoms with Gasteiger partial charge in [-0.15, -0.1) is 0 Å². The summed E-state index contributed by atoms with van der Waals surface area (Å²) in [6, 6.07) is 2.27. The number of halogens is 2. The van der Waals surface area contributed by atoms with E-state index in [9.17, 15) is 0 Å². The fraction of sp³-hybridized carbons (Fsp3) is 0.500. The summed E-state index contributed by atoms with van der Waals surface area (Å²) >= 11 is 6.84. The zero-order valence-electron chi connectivity index (χ0n) is 12.1. The molecule has 2 aromatic heterocycles. The molecule has 0 aromatic carbocycles. The lowest BCUT2D eigenvalue weighted by molar-refractivity contribution is 0.354. The van der Waals surface area contributed by atoms with E-state index in [1.165, 1.54) is 0 Å². The highest BCUT2D eigenvalue weighted by atomic mass is 79.9. The molecule has 2 rings (SSSR count). The van der Waals surface area contributed by atoms with Crippen LogP contribution in [-0.4, -0.2) is 27.7 Å². The Morgan fingerprint density at radius 3 is 2.81 bits per heavy atom. The minimum absolute atomic E-state index is 0.361. The van der Waals surface area contributed by atoms with Gasteiger partial charge in [0.1, 0.15) is 5.69 Å². The van der Waals surface area contributed by atoms with Crippen molar-refractivity contribution in [3.05, 3.63) is 27.1 Å². The summed E-state index contributed by atoms with van der Waals surface area (Å²) < 4.78 is 7.08. The molecule has 114 valence electrons. The van der Waals surface area contributed by atoms with E-state index in [0.717, 1.165) is 34.8 Å². The molecule has 0 fully saturated rings. The molecule has 0 aliphatic heterocycles. The van der Waals surface area contributed by atoms with Gasteiger partial charge >= 0.3 is 0 Å². The SMILES string of the molecule is CCCNC(CC)Cc1nc(-c2ncc(Br)cc2Br)no1. The van der Waals surface area contributed by atoms with E-state index in [1.807, 2.05) is 6.07 Å². The second-order valence-electron chi connectivity index (χ2n) is 4.76. The molecular weight excluding hydrogens is 400 g/mol. The van der Waals surface area contributed by atoms with Crippen molar-refractivity contribution >= 4 is 31.9 Å². The first-order valence-electron chi connectivity index (χ1n) is 7.01. The third-order valence-corrected chi connectivity index (χ3v) is 4.12. The summed E-state index contributed by atoms with van der Waals surface area (Å²) in [7, 11) is 0. The second kappa shape index (κ2) is 8.00. The van der Waals surface area contributed by atoms with Crippen LogP contribution in [0.4, 0.5) is 0 Å². The van der Waals surface area contributed by atoms with Crippen LogP contribution in [0.15, 0.2) is 25.7 Å². The maximum atomic E-state index is 5.34. The van der Waals surface area contributed by atoms with Crippen LogP contribution in [0.5, 0.6) is 0 Å². The van der Waals surface area contributed by atoms with Gasteiger partial charge in [-0.3, -0.25) is 4.98 Å². The van der Waals surface area contributed by atoms with Gasteiger partial charge in [0.2, 0.25) is 11.7 Å². The fourth-order valence-corrected chi connectivity index (χ4v) is 3.10. The molecule has 0 aliphatic carbocycles. The van der Waals surface area contributed by atoms with Crippen molar-refractivity contribution in [3.63, 3.8) is 0 Å². The highest BCUT2D eigenvalue weighted by molar-refractivity contribution is 9.11. The normalized spacial score (nSPS) is 12.6. The Kier molecular flexibility index (Phi) is 6.32. The predicted molar refractivity (Wildman–Crippen MR) is 89.0 cm³/mol. The van der Waals surface area contributed by atoms with Crippen molar-refractivity contribution in [1.29, 1.82) is 0 Å². The van der Waals surface area contributed by atoms with E-state index in [4.69, 9.17) is 4.52 Å². The topological polar surface area (TPSA) is 63.8 Å². The maximum absolute atomic E-state index is 5.34. The lowest BCUT2D eigenvalue weighted by Gasteiger charge is -2.13. The standard InChI is InChI=1S/C14H18Br2N4O/c1-3-5-17-10(4-2)7-12-19-14(20-21-12)13-11(16)6-9(15)8-18-13/h6,8,10,17H,3-5,7H2,1-2H3. The molecule has 2 aromatic rings. The van der Waals surface area contributed by atoms with Crippen molar-refractivity contribution in [1.82, 2.24) is 20.4 Å². The zero-order valence-corrected chi connectivity index (χ0v) is 15.2. The Bertz CT molecular complexity index is 588. The maximum Gasteiger partial charge on any atom is 0.228 e. The largest absolute Gasteiger partial charge is 0.339 e. The van der Waals surface area contributed by atoms with Crippen LogP contribution in [0.2, 0.25) is 0 Å². The third kappa shape index (κ3) is 4.59. The first kappa shape index (κ1) is 16.6. The second-order valence-corrected chi connectivity index (χ2v) is 6.53. The molecule has 0 bridgehead atoms. The van der Waals surface area contributed by atoms with Gasteiger partial charge < -0.3 is 9.84 Å². The Balaban J connectivity index is 2.10. The Morgan fingerprint density at radius 2 is 2.14 bits per heavy atom. The van der Waals surface area contributed by atoms with Crippen molar-refractivity contribution < 1.29 is 4.52 Å². The van der Waals surface area contributed by atoms with Crippen molar-refractivity contribution in [2.75, 3.05) is 6.54 Å². The molecule has 5 nitrogen and oxygen atoms in total. The Hall–Kier alpha value is -0.790. The number of hydrogen-bond donors (Lipinski definition) is 1. The summed E-state index contributed by atoms with van der Waals surface area (Å²) in [4.78, 5) is 8.76. The number of nitrogens with one attached hydrogen (secondary N) is 1. The molecule has 21 heavy (non-hydrogen) atoms. The summed E-state index contributed by atoms with van der Waals surface area (Å²) in [6.45, 7) is 5.30. The molecular formula is C14H18Br2N4O. The minimum Gasteiger partial charge on any atom is -0.339 e. The monoisotopic (exact) mass is 416 g/mol. The Morgan fingerprint density at radius 1 is 1.33 bits per heavy atom. The zero-order chi connectivity index (χ0) is 15.2. The molecule has 1 unspecified atom stereocenters. The lowest BCUT2D eigenvalue weighted by atomic mass is 10.1. The summed E-state index contributed by atoms with van der Waals surface area (Å²) in [5.74, 6) is 1.15. The summed E-state index contributed by atoms with van der Waals surface area (Å²) in [5.41, 5.74) is 0.683.